The highest BCUT2D eigenvalue weighted by atomic mass is 16.5. The lowest BCUT2D eigenvalue weighted by Crippen LogP contribution is -2.40. The van der Waals surface area contributed by atoms with E-state index in [1.807, 2.05) is 13.8 Å². The summed E-state index contributed by atoms with van der Waals surface area (Å²) in [5.41, 5.74) is -0.785. The number of hydrogen-bond acceptors (Lipinski definition) is 5. The van der Waals surface area contributed by atoms with E-state index in [-0.39, 0.29) is 5.56 Å². The zero-order valence-corrected chi connectivity index (χ0v) is 12.7. The van der Waals surface area contributed by atoms with Crippen molar-refractivity contribution in [2.75, 3.05) is 0 Å². The Bertz CT molecular complexity index is 633. The van der Waals surface area contributed by atoms with E-state index in [1.165, 1.54) is 24.9 Å². The fourth-order valence-electron chi connectivity index (χ4n) is 2.70. The van der Waals surface area contributed by atoms with Gasteiger partial charge in [0.1, 0.15) is 18.3 Å². The van der Waals surface area contributed by atoms with Gasteiger partial charge in [-0.3, -0.25) is 9.36 Å². The van der Waals surface area contributed by atoms with Gasteiger partial charge >= 0.3 is 5.69 Å². The average Bonchev–Trinajstić information content (AvgIpc) is 2.68. The lowest BCUT2D eigenvalue weighted by Gasteiger charge is -2.16. The monoisotopic (exact) mass is 298 g/mol. The second-order valence-corrected chi connectivity index (χ2v) is 6.05. The molecule has 2 rings (SSSR count). The summed E-state index contributed by atoms with van der Waals surface area (Å²) in [4.78, 5) is 23.9. The predicted octanol–water partition coefficient (Wildman–Crippen LogP) is -0.708. The molecule has 0 spiro atoms. The first-order chi connectivity index (χ1) is 9.73. The Kier molecular flexibility index (Phi) is 4.36. The van der Waals surface area contributed by atoms with Crippen molar-refractivity contribution >= 4 is 0 Å². The highest BCUT2D eigenvalue weighted by Gasteiger charge is 2.44. The molecular weight excluding hydrogens is 276 g/mol. The minimum atomic E-state index is -1.18. The molecule has 1 fully saturated rings. The molecule has 21 heavy (non-hydrogen) atoms. The summed E-state index contributed by atoms with van der Waals surface area (Å²) in [6.45, 7) is 3.97. The summed E-state index contributed by atoms with van der Waals surface area (Å²) < 4.78 is 7.91. The third kappa shape index (κ3) is 2.81. The van der Waals surface area contributed by atoms with Crippen LogP contribution >= 0.6 is 0 Å². The number of ether oxygens (including phenoxy) is 1. The molecule has 1 aliphatic rings. The molecule has 118 valence electrons. The van der Waals surface area contributed by atoms with Gasteiger partial charge in [-0.2, -0.15) is 0 Å². The van der Waals surface area contributed by atoms with Crippen LogP contribution in [0.3, 0.4) is 0 Å². The lowest BCUT2D eigenvalue weighted by atomic mass is 9.98. The molecule has 0 bridgehead atoms. The van der Waals surface area contributed by atoms with Crippen LogP contribution in [0.25, 0.3) is 0 Å². The fraction of sp³-hybridized carbons (Fsp3) is 0.714. The fourth-order valence-corrected chi connectivity index (χ4v) is 2.70. The van der Waals surface area contributed by atoms with Gasteiger partial charge in [-0.15, -0.1) is 0 Å². The van der Waals surface area contributed by atoms with E-state index in [9.17, 15) is 19.8 Å². The van der Waals surface area contributed by atoms with Crippen molar-refractivity contribution in [1.82, 2.24) is 9.13 Å². The van der Waals surface area contributed by atoms with Gasteiger partial charge in [0.25, 0.3) is 5.56 Å². The summed E-state index contributed by atoms with van der Waals surface area (Å²) in [6.07, 6.45) is -1.72. The number of rotatable bonds is 3. The van der Waals surface area contributed by atoms with Crippen molar-refractivity contribution in [1.29, 1.82) is 0 Å². The first-order valence-electron chi connectivity index (χ1n) is 7.02. The SMILES string of the molecule is CC(C)CC1OC(c2cn(C)c(=O)n(C)c2=O)[C@H](O)[C@@H]1O. The van der Waals surface area contributed by atoms with Crippen LogP contribution in [0.4, 0.5) is 0 Å². The molecule has 7 nitrogen and oxygen atoms in total. The van der Waals surface area contributed by atoms with Gasteiger partial charge < -0.3 is 19.5 Å². The quantitative estimate of drug-likeness (QED) is 0.769. The van der Waals surface area contributed by atoms with Crippen LogP contribution in [0.15, 0.2) is 15.8 Å². The lowest BCUT2D eigenvalue weighted by molar-refractivity contribution is -0.00409. The highest BCUT2D eigenvalue weighted by Crippen LogP contribution is 2.34. The standard InChI is InChI=1S/C14H22N2O5/c1-7(2)5-9-10(17)11(18)12(21-9)8-6-15(3)14(20)16(4)13(8)19/h6-7,9-12,17-18H,5H2,1-4H3/t9?,10-,11-,12?/m1/s1. The highest BCUT2D eigenvalue weighted by molar-refractivity contribution is 5.15. The average molecular weight is 298 g/mol. The van der Waals surface area contributed by atoms with Crippen LogP contribution in [-0.2, 0) is 18.8 Å². The van der Waals surface area contributed by atoms with Gasteiger partial charge in [0.15, 0.2) is 0 Å². The first-order valence-corrected chi connectivity index (χ1v) is 7.02. The van der Waals surface area contributed by atoms with Gasteiger partial charge in [-0.25, -0.2) is 4.79 Å². The molecule has 0 amide bonds. The molecule has 1 saturated heterocycles. The predicted molar refractivity (Wildman–Crippen MR) is 76.0 cm³/mol. The zero-order valence-electron chi connectivity index (χ0n) is 12.7. The summed E-state index contributed by atoms with van der Waals surface area (Å²) in [6, 6.07) is 0. The number of aliphatic hydroxyl groups excluding tert-OH is 2. The van der Waals surface area contributed by atoms with Crippen molar-refractivity contribution in [3.8, 4) is 0 Å². The number of hydrogen-bond donors (Lipinski definition) is 2. The Morgan fingerprint density at radius 1 is 1.24 bits per heavy atom. The molecule has 4 atom stereocenters. The number of aliphatic hydroxyl groups is 2. The van der Waals surface area contributed by atoms with Gasteiger partial charge in [-0.05, 0) is 12.3 Å². The second-order valence-electron chi connectivity index (χ2n) is 6.05. The van der Waals surface area contributed by atoms with Crippen LogP contribution in [-0.4, -0.2) is 37.7 Å². The molecule has 1 aromatic rings. The third-order valence-electron chi connectivity index (χ3n) is 3.85. The van der Waals surface area contributed by atoms with Gasteiger partial charge in [-0.1, -0.05) is 13.8 Å². The molecule has 7 heteroatoms. The van der Waals surface area contributed by atoms with Crippen LogP contribution in [0.1, 0.15) is 31.9 Å². The summed E-state index contributed by atoms with van der Waals surface area (Å²) in [5, 5.41) is 20.2. The van der Waals surface area contributed by atoms with Crippen molar-refractivity contribution in [2.24, 2.45) is 20.0 Å². The number of aryl methyl sites for hydroxylation is 1. The van der Waals surface area contributed by atoms with Crippen molar-refractivity contribution in [3.63, 3.8) is 0 Å². The van der Waals surface area contributed by atoms with Crippen molar-refractivity contribution < 1.29 is 14.9 Å². The number of nitrogens with zero attached hydrogens (tertiary/aromatic N) is 2. The minimum Gasteiger partial charge on any atom is -0.388 e. The number of aromatic nitrogens is 2. The molecule has 0 radical (unpaired) electrons. The van der Waals surface area contributed by atoms with Gasteiger partial charge in [0, 0.05) is 20.3 Å². The topological polar surface area (TPSA) is 93.7 Å². The Labute approximate surface area is 122 Å². The molecule has 2 N–H and O–H groups in total. The van der Waals surface area contributed by atoms with E-state index in [0.717, 1.165) is 4.57 Å². The Morgan fingerprint density at radius 3 is 2.43 bits per heavy atom. The van der Waals surface area contributed by atoms with E-state index in [4.69, 9.17) is 4.74 Å². The third-order valence-corrected chi connectivity index (χ3v) is 3.85. The van der Waals surface area contributed by atoms with Crippen LogP contribution in [0.5, 0.6) is 0 Å². The Hall–Kier alpha value is -1.44. The maximum atomic E-state index is 12.2. The molecule has 0 aromatic carbocycles. The van der Waals surface area contributed by atoms with E-state index in [1.54, 1.807) is 0 Å². The molecule has 2 heterocycles. The summed E-state index contributed by atoms with van der Waals surface area (Å²) in [5.74, 6) is 0.290. The molecule has 2 unspecified atom stereocenters. The Morgan fingerprint density at radius 2 is 1.86 bits per heavy atom. The molecular formula is C14H22N2O5. The normalized spacial score (nSPS) is 29.3. The molecule has 1 aromatic heterocycles. The maximum absolute atomic E-state index is 12.2. The van der Waals surface area contributed by atoms with E-state index >= 15 is 0 Å². The largest absolute Gasteiger partial charge is 0.388 e. The minimum absolute atomic E-state index is 0.178. The van der Waals surface area contributed by atoms with Crippen LogP contribution in [0, 0.1) is 5.92 Å². The maximum Gasteiger partial charge on any atom is 0.330 e. The molecule has 0 aliphatic carbocycles. The zero-order chi connectivity index (χ0) is 15.9. The van der Waals surface area contributed by atoms with Gasteiger partial charge in [0.2, 0.25) is 0 Å². The van der Waals surface area contributed by atoms with Crippen molar-refractivity contribution in [3.05, 3.63) is 32.6 Å². The first kappa shape index (κ1) is 15.9. The van der Waals surface area contributed by atoms with E-state index in [0.29, 0.717) is 12.3 Å². The molecule has 1 aliphatic heterocycles. The summed E-state index contributed by atoms with van der Waals surface area (Å²) in [7, 11) is 2.90. The molecule has 0 saturated carbocycles. The van der Waals surface area contributed by atoms with E-state index in [2.05, 4.69) is 0 Å². The second kappa shape index (κ2) is 5.75. The van der Waals surface area contributed by atoms with E-state index < -0.39 is 35.7 Å². The summed E-state index contributed by atoms with van der Waals surface area (Å²) >= 11 is 0. The van der Waals surface area contributed by atoms with Crippen LogP contribution < -0.4 is 11.2 Å². The van der Waals surface area contributed by atoms with Crippen molar-refractivity contribution in [2.45, 2.75) is 44.7 Å². The smallest absolute Gasteiger partial charge is 0.330 e. The van der Waals surface area contributed by atoms with Gasteiger partial charge in [0.05, 0.1) is 11.7 Å². The Balaban J connectivity index is 2.40. The van der Waals surface area contributed by atoms with Crippen LogP contribution in [0.2, 0.25) is 0 Å².